The molecule has 0 fully saturated rings. The van der Waals surface area contributed by atoms with Crippen LogP contribution in [0.2, 0.25) is 0 Å². The summed E-state index contributed by atoms with van der Waals surface area (Å²) in [5.41, 5.74) is 8.77. The third kappa shape index (κ3) is 5.86. The lowest BCUT2D eigenvalue weighted by Crippen LogP contribution is -2.43. The molecule has 1 aliphatic heterocycles. The number of carboxylic acid groups (broad SMARTS) is 1. The number of carboxylic acids is 1. The average Bonchev–Trinajstić information content (AvgIpc) is 3.19. The molecule has 4 heteroatoms. The molecule has 2 aliphatic rings. The van der Waals surface area contributed by atoms with Gasteiger partial charge < -0.3 is 15.3 Å². The van der Waals surface area contributed by atoms with Crippen molar-refractivity contribution >= 4 is 17.3 Å². The van der Waals surface area contributed by atoms with Gasteiger partial charge in [-0.2, -0.15) is 0 Å². The molecule has 2 aromatic rings. The van der Waals surface area contributed by atoms with Crippen LogP contribution in [0.4, 0.5) is 11.4 Å². The van der Waals surface area contributed by atoms with E-state index in [9.17, 15) is 9.90 Å². The minimum absolute atomic E-state index is 0.0269. The lowest BCUT2D eigenvalue weighted by Gasteiger charge is -2.47. The van der Waals surface area contributed by atoms with Crippen LogP contribution in [0.25, 0.3) is 0 Å². The fourth-order valence-electron chi connectivity index (χ4n) is 7.59. The summed E-state index contributed by atoms with van der Waals surface area (Å²) in [6.07, 6.45) is 14.9. The fraction of sp³-hybridized carbons (Fsp3) is 0.462. The molecule has 0 saturated carbocycles. The highest BCUT2D eigenvalue weighted by Crippen LogP contribution is 2.60. The molecule has 43 heavy (non-hydrogen) atoms. The quantitative estimate of drug-likeness (QED) is 0.260. The van der Waals surface area contributed by atoms with E-state index in [4.69, 9.17) is 0 Å². The second-order valence-corrected chi connectivity index (χ2v) is 14.2. The Morgan fingerprint density at radius 2 is 1.74 bits per heavy atom. The van der Waals surface area contributed by atoms with E-state index >= 15 is 0 Å². The van der Waals surface area contributed by atoms with Crippen LogP contribution in [0.5, 0.6) is 0 Å². The SMILES string of the molecule is C/C=C(/C=C/C=C1/C=C2N(C)c3ccccc3C2(C)C(C)(C)C1)CC(C)(CCCC(=O)O)C(C)(C)c1ccccc1NC. The Hall–Kier alpha value is -3.53. The van der Waals surface area contributed by atoms with Crippen molar-refractivity contribution in [2.75, 3.05) is 24.3 Å². The summed E-state index contributed by atoms with van der Waals surface area (Å²) < 4.78 is 0. The normalized spacial score (nSPS) is 22.3. The summed E-state index contributed by atoms with van der Waals surface area (Å²) >= 11 is 0. The highest BCUT2D eigenvalue weighted by Gasteiger charge is 2.54. The smallest absolute Gasteiger partial charge is 0.303 e. The summed E-state index contributed by atoms with van der Waals surface area (Å²) in [6.45, 7) is 16.3. The van der Waals surface area contributed by atoms with Gasteiger partial charge in [0.25, 0.3) is 0 Å². The monoisotopic (exact) mass is 580 g/mol. The number of fused-ring (bicyclic) bond motifs is 3. The van der Waals surface area contributed by atoms with Gasteiger partial charge in [-0.15, -0.1) is 0 Å². The van der Waals surface area contributed by atoms with Gasteiger partial charge in [0, 0.05) is 43.0 Å². The van der Waals surface area contributed by atoms with E-state index in [1.54, 1.807) is 0 Å². The average molecular weight is 581 g/mol. The second kappa shape index (κ2) is 12.2. The van der Waals surface area contributed by atoms with E-state index < -0.39 is 5.97 Å². The summed E-state index contributed by atoms with van der Waals surface area (Å²) in [6, 6.07) is 17.3. The Morgan fingerprint density at radius 1 is 1.07 bits per heavy atom. The number of rotatable bonds is 11. The number of hydrogen-bond donors (Lipinski definition) is 2. The first kappa shape index (κ1) is 32.4. The second-order valence-electron chi connectivity index (χ2n) is 14.2. The van der Waals surface area contributed by atoms with Gasteiger partial charge >= 0.3 is 5.97 Å². The van der Waals surface area contributed by atoms with Crippen LogP contribution in [0, 0.1) is 10.8 Å². The van der Waals surface area contributed by atoms with Crippen LogP contribution in [-0.2, 0) is 15.6 Å². The molecule has 2 aromatic carbocycles. The van der Waals surface area contributed by atoms with E-state index in [0.29, 0.717) is 6.42 Å². The fourth-order valence-corrected chi connectivity index (χ4v) is 7.59. The zero-order valence-electron chi connectivity index (χ0n) is 27.8. The van der Waals surface area contributed by atoms with Crippen molar-refractivity contribution in [2.24, 2.45) is 10.8 Å². The molecular formula is C39H52N2O2. The predicted octanol–water partition coefficient (Wildman–Crippen LogP) is 9.81. The first-order valence-electron chi connectivity index (χ1n) is 15.8. The van der Waals surface area contributed by atoms with E-state index in [2.05, 4.69) is 145 Å². The molecular weight excluding hydrogens is 528 g/mol. The zero-order chi connectivity index (χ0) is 31.6. The van der Waals surface area contributed by atoms with Gasteiger partial charge in [-0.25, -0.2) is 0 Å². The molecule has 0 saturated heterocycles. The Kier molecular flexibility index (Phi) is 9.21. The number of nitrogens with zero attached hydrogens (tertiary/aromatic N) is 1. The van der Waals surface area contributed by atoms with Crippen LogP contribution in [-0.4, -0.2) is 25.2 Å². The van der Waals surface area contributed by atoms with Crippen LogP contribution in [0.1, 0.15) is 91.7 Å². The van der Waals surface area contributed by atoms with Crippen molar-refractivity contribution in [1.29, 1.82) is 0 Å². The van der Waals surface area contributed by atoms with Gasteiger partial charge in [-0.1, -0.05) is 101 Å². The van der Waals surface area contributed by atoms with Gasteiger partial charge in [0.1, 0.15) is 0 Å². The van der Waals surface area contributed by atoms with Crippen molar-refractivity contribution in [2.45, 2.75) is 91.4 Å². The largest absolute Gasteiger partial charge is 0.481 e. The van der Waals surface area contributed by atoms with Gasteiger partial charge in [0.15, 0.2) is 0 Å². The highest BCUT2D eigenvalue weighted by molar-refractivity contribution is 5.73. The molecule has 0 aromatic heterocycles. The Morgan fingerprint density at radius 3 is 2.42 bits per heavy atom. The third-order valence-corrected chi connectivity index (χ3v) is 11.1. The molecule has 230 valence electrons. The zero-order valence-corrected chi connectivity index (χ0v) is 27.8. The molecule has 0 spiro atoms. The van der Waals surface area contributed by atoms with Gasteiger partial charge in [0.2, 0.25) is 0 Å². The summed E-state index contributed by atoms with van der Waals surface area (Å²) in [4.78, 5) is 13.8. The van der Waals surface area contributed by atoms with Gasteiger partial charge in [-0.05, 0) is 90.7 Å². The van der Waals surface area contributed by atoms with E-state index in [0.717, 1.165) is 24.9 Å². The van der Waals surface area contributed by atoms with Crippen molar-refractivity contribution < 1.29 is 9.90 Å². The molecule has 1 aliphatic carbocycles. The molecule has 0 radical (unpaired) electrons. The van der Waals surface area contributed by atoms with E-state index in [-0.39, 0.29) is 28.1 Å². The maximum atomic E-state index is 11.4. The lowest BCUT2D eigenvalue weighted by atomic mass is 9.57. The number of hydrogen-bond acceptors (Lipinski definition) is 3. The first-order chi connectivity index (χ1) is 20.2. The maximum absolute atomic E-state index is 11.4. The van der Waals surface area contributed by atoms with Crippen molar-refractivity contribution in [3.63, 3.8) is 0 Å². The number of allylic oxidation sites excluding steroid dienone is 8. The first-order valence-corrected chi connectivity index (χ1v) is 15.8. The van der Waals surface area contributed by atoms with E-state index in [1.807, 2.05) is 7.05 Å². The molecule has 2 atom stereocenters. The summed E-state index contributed by atoms with van der Waals surface area (Å²) in [7, 11) is 4.17. The Bertz CT molecular complexity index is 1470. The molecule has 2 N–H and O–H groups in total. The standard InChI is InChI=1S/C39H52N2O2/c1-10-28(27-38(6,24-16-23-35(42)43)37(4,5)30-19-11-13-21-32(30)40-8)17-15-18-29-25-34-39(7,36(2,3)26-29)31-20-12-14-22-33(31)41(34)9/h10-15,17-22,25,40H,16,23-24,26-27H2,1-9H3,(H,42,43)/b17-15+,28-10-,29-18-. The van der Waals surface area contributed by atoms with Crippen molar-refractivity contribution in [1.82, 2.24) is 0 Å². The summed E-state index contributed by atoms with van der Waals surface area (Å²) in [5.74, 6) is -0.731. The third-order valence-electron chi connectivity index (χ3n) is 11.1. The molecule has 4 rings (SSSR count). The molecule has 0 amide bonds. The number of anilines is 2. The van der Waals surface area contributed by atoms with Crippen LogP contribution in [0.15, 0.2) is 95.8 Å². The number of nitrogens with one attached hydrogen (secondary N) is 1. The predicted molar refractivity (Wildman–Crippen MR) is 183 cm³/mol. The van der Waals surface area contributed by atoms with Crippen LogP contribution in [0.3, 0.4) is 0 Å². The van der Waals surface area contributed by atoms with Gasteiger partial charge in [-0.3, -0.25) is 4.79 Å². The van der Waals surface area contributed by atoms with E-state index in [1.165, 1.54) is 33.7 Å². The van der Waals surface area contributed by atoms with Crippen molar-refractivity contribution in [3.8, 4) is 0 Å². The van der Waals surface area contributed by atoms with Crippen LogP contribution >= 0.6 is 0 Å². The number of benzene rings is 2. The minimum Gasteiger partial charge on any atom is -0.481 e. The van der Waals surface area contributed by atoms with Gasteiger partial charge in [0.05, 0.1) is 0 Å². The molecule has 2 unspecified atom stereocenters. The van der Waals surface area contributed by atoms with Crippen molar-refractivity contribution in [3.05, 3.63) is 107 Å². The molecule has 0 bridgehead atoms. The summed E-state index contributed by atoms with van der Waals surface area (Å²) in [5, 5.41) is 12.8. The lowest BCUT2D eigenvalue weighted by molar-refractivity contribution is -0.137. The highest BCUT2D eigenvalue weighted by atomic mass is 16.4. The molecule has 1 heterocycles. The molecule has 4 nitrogen and oxygen atoms in total. The Labute approximate surface area is 260 Å². The van der Waals surface area contributed by atoms with Crippen LogP contribution < -0.4 is 10.2 Å². The maximum Gasteiger partial charge on any atom is 0.303 e. The number of likely N-dealkylation sites (N-methyl/N-ethyl adjacent to an activating group) is 1. The minimum atomic E-state index is -0.731. The Balaban J connectivity index is 1.63. The number of carbonyl (C=O) groups is 1. The topological polar surface area (TPSA) is 52.6 Å². The number of para-hydroxylation sites is 2. The number of aliphatic carboxylic acids is 1.